The van der Waals surface area contributed by atoms with Crippen LogP contribution in [-0.4, -0.2) is 30.6 Å². The number of carbonyl (C=O) groups excluding carboxylic acids is 2. The van der Waals surface area contributed by atoms with Gasteiger partial charge in [0.1, 0.15) is 12.4 Å². The molecule has 0 radical (unpaired) electrons. The molecule has 0 aliphatic heterocycles. The number of imide groups is 1. The number of quaternary nitrogens is 1. The molecule has 5 rings (SSSR count). The van der Waals surface area contributed by atoms with E-state index < -0.39 is 0 Å². The van der Waals surface area contributed by atoms with Gasteiger partial charge < -0.3 is 10.2 Å². The highest BCUT2D eigenvalue weighted by Crippen LogP contribution is 2.55. The van der Waals surface area contributed by atoms with Crippen LogP contribution in [0.3, 0.4) is 0 Å². The molecule has 2 atom stereocenters. The lowest BCUT2D eigenvalue weighted by molar-refractivity contribution is -0.908. The molecule has 4 saturated carbocycles. The minimum Gasteiger partial charge on any atom is -0.332 e. The minimum absolute atomic E-state index is 0.102. The minimum atomic E-state index is -0.382. The fourth-order valence-corrected chi connectivity index (χ4v) is 6.06. The van der Waals surface area contributed by atoms with E-state index in [9.17, 15) is 14.0 Å². The van der Waals surface area contributed by atoms with Crippen molar-refractivity contribution in [1.29, 1.82) is 0 Å². The van der Waals surface area contributed by atoms with Crippen molar-refractivity contribution in [2.45, 2.75) is 63.6 Å². The zero-order valence-corrected chi connectivity index (χ0v) is 16.8. The van der Waals surface area contributed by atoms with Gasteiger partial charge in [0.2, 0.25) is 0 Å². The van der Waals surface area contributed by atoms with Crippen LogP contribution in [0.2, 0.25) is 0 Å². The molecule has 4 aliphatic rings. The van der Waals surface area contributed by atoms with Gasteiger partial charge in [-0.15, -0.1) is 0 Å². The van der Waals surface area contributed by atoms with E-state index in [4.69, 9.17) is 0 Å². The van der Waals surface area contributed by atoms with Crippen molar-refractivity contribution < 1.29 is 18.9 Å². The molecule has 5 nitrogen and oxygen atoms in total. The molecule has 1 aromatic rings. The van der Waals surface area contributed by atoms with Gasteiger partial charge >= 0.3 is 6.03 Å². The number of benzene rings is 1. The van der Waals surface area contributed by atoms with E-state index in [1.807, 2.05) is 14.0 Å². The Morgan fingerprint density at radius 2 is 1.64 bits per heavy atom. The predicted molar refractivity (Wildman–Crippen MR) is 104 cm³/mol. The summed E-state index contributed by atoms with van der Waals surface area (Å²) in [5.74, 6) is 1.68. The Kier molecular flexibility index (Phi) is 5.17. The number of rotatable bonds is 5. The Labute approximate surface area is 166 Å². The summed E-state index contributed by atoms with van der Waals surface area (Å²) in [6.07, 6.45) is 7.13. The number of urea groups is 1. The number of halogens is 1. The first kappa shape index (κ1) is 19.4. The number of hydrogen-bond donors (Lipinski definition) is 3. The second-order valence-corrected chi connectivity index (χ2v) is 9.51. The van der Waals surface area contributed by atoms with E-state index in [1.165, 1.54) is 31.4 Å². The highest BCUT2D eigenvalue weighted by Gasteiger charge is 2.51. The maximum atomic E-state index is 13.0. The Bertz CT molecular complexity index is 713. The highest BCUT2D eigenvalue weighted by atomic mass is 19.1. The summed E-state index contributed by atoms with van der Waals surface area (Å²) in [4.78, 5) is 26.1. The molecule has 4 aliphatic carbocycles. The molecular formula is C22H31FN3O2+. The van der Waals surface area contributed by atoms with Crippen LogP contribution in [0.15, 0.2) is 24.3 Å². The lowest BCUT2D eigenvalue weighted by Crippen LogP contribution is -3.12. The first-order valence-electron chi connectivity index (χ1n) is 10.5. The molecule has 4 bridgehead atoms. The lowest BCUT2D eigenvalue weighted by Gasteiger charge is -2.56. The average Bonchev–Trinajstić information content (AvgIpc) is 2.61. The third-order valence-electron chi connectivity index (χ3n) is 7.18. The maximum Gasteiger partial charge on any atom is 0.322 e. The quantitative estimate of drug-likeness (QED) is 0.723. The molecule has 0 heterocycles. The fourth-order valence-electron chi connectivity index (χ4n) is 6.06. The van der Waals surface area contributed by atoms with E-state index in [1.54, 1.807) is 12.1 Å². The predicted octanol–water partition coefficient (Wildman–Crippen LogP) is 2.02. The van der Waals surface area contributed by atoms with Crippen LogP contribution in [-0.2, 0) is 11.3 Å². The number of carbonyl (C=O) groups is 2. The number of amides is 3. The summed E-state index contributed by atoms with van der Waals surface area (Å²) in [5, 5.41) is 5.74. The van der Waals surface area contributed by atoms with Crippen LogP contribution < -0.4 is 15.5 Å². The Hall–Kier alpha value is -1.95. The summed E-state index contributed by atoms with van der Waals surface area (Å²) in [7, 11) is 1.91. The molecular weight excluding hydrogens is 357 g/mol. The van der Waals surface area contributed by atoms with Gasteiger partial charge in [0.15, 0.2) is 6.04 Å². The van der Waals surface area contributed by atoms with Crippen molar-refractivity contribution in [2.75, 3.05) is 7.05 Å². The second-order valence-electron chi connectivity index (χ2n) is 9.51. The van der Waals surface area contributed by atoms with Crippen LogP contribution in [0.5, 0.6) is 0 Å². The van der Waals surface area contributed by atoms with Gasteiger partial charge in [0.05, 0.1) is 7.05 Å². The standard InChI is InChI=1S/C22H30FN3O2/c1-14(26(2)13-15-3-5-19(23)6-4-15)20(27)24-21(28)25-22-10-16-7-17(11-22)9-18(8-16)12-22/h3-6,14,16-18H,7-13H2,1-2H3,(H2,24,25,27,28)/p+1/t14-,16?,17?,18?,22?/m1/s1. The SMILES string of the molecule is C[C@H](C(=O)NC(=O)NC12CC3CC(CC(C3)C1)C2)[NH+](C)Cc1ccc(F)cc1. The lowest BCUT2D eigenvalue weighted by atomic mass is 9.53. The van der Waals surface area contributed by atoms with Crippen molar-refractivity contribution >= 4 is 11.9 Å². The van der Waals surface area contributed by atoms with Crippen molar-refractivity contribution in [1.82, 2.24) is 10.6 Å². The number of hydrogen-bond acceptors (Lipinski definition) is 2. The monoisotopic (exact) mass is 388 g/mol. The molecule has 0 aromatic heterocycles. The van der Waals surface area contributed by atoms with E-state index in [-0.39, 0.29) is 29.3 Å². The number of nitrogens with one attached hydrogen (secondary N) is 3. The zero-order valence-electron chi connectivity index (χ0n) is 16.8. The Morgan fingerprint density at radius 1 is 1.11 bits per heavy atom. The van der Waals surface area contributed by atoms with Gasteiger partial charge in [-0.2, -0.15) is 0 Å². The van der Waals surface area contributed by atoms with Gasteiger partial charge in [0.25, 0.3) is 5.91 Å². The highest BCUT2D eigenvalue weighted by molar-refractivity contribution is 5.96. The summed E-state index contributed by atoms with van der Waals surface area (Å²) in [6.45, 7) is 2.40. The molecule has 3 N–H and O–H groups in total. The fraction of sp³-hybridized carbons (Fsp3) is 0.636. The van der Waals surface area contributed by atoms with Crippen molar-refractivity contribution in [3.8, 4) is 0 Å². The topological polar surface area (TPSA) is 62.6 Å². The average molecular weight is 389 g/mol. The second kappa shape index (κ2) is 7.47. The first-order valence-corrected chi connectivity index (χ1v) is 10.5. The van der Waals surface area contributed by atoms with Crippen molar-refractivity contribution in [3.63, 3.8) is 0 Å². The van der Waals surface area contributed by atoms with E-state index in [0.717, 1.165) is 47.5 Å². The number of likely N-dealkylation sites (N-methyl/N-ethyl adjacent to an activating group) is 1. The van der Waals surface area contributed by atoms with Gasteiger partial charge in [-0.3, -0.25) is 10.1 Å². The third-order valence-corrected chi connectivity index (χ3v) is 7.18. The largest absolute Gasteiger partial charge is 0.332 e. The van der Waals surface area contributed by atoms with Crippen LogP contribution >= 0.6 is 0 Å². The normalized spacial score (nSPS) is 32.6. The molecule has 28 heavy (non-hydrogen) atoms. The molecule has 1 aromatic carbocycles. The van der Waals surface area contributed by atoms with Gasteiger partial charge in [-0.1, -0.05) is 12.1 Å². The molecule has 0 saturated heterocycles. The summed E-state index contributed by atoms with van der Waals surface area (Å²) < 4.78 is 13.0. The van der Waals surface area contributed by atoms with Crippen LogP contribution in [0.4, 0.5) is 9.18 Å². The maximum absolute atomic E-state index is 13.0. The van der Waals surface area contributed by atoms with Gasteiger partial charge in [-0.05, 0) is 75.3 Å². The smallest absolute Gasteiger partial charge is 0.322 e. The summed E-state index contributed by atoms with van der Waals surface area (Å²) in [5.41, 5.74) is 0.853. The van der Waals surface area contributed by atoms with E-state index >= 15 is 0 Å². The van der Waals surface area contributed by atoms with Gasteiger partial charge in [0, 0.05) is 11.1 Å². The summed E-state index contributed by atoms with van der Waals surface area (Å²) in [6, 6.07) is 5.56. The van der Waals surface area contributed by atoms with Crippen LogP contribution in [0, 0.1) is 23.6 Å². The molecule has 152 valence electrons. The van der Waals surface area contributed by atoms with Crippen molar-refractivity contribution in [2.24, 2.45) is 17.8 Å². The van der Waals surface area contributed by atoms with E-state index in [0.29, 0.717) is 6.54 Å². The van der Waals surface area contributed by atoms with Gasteiger partial charge in [-0.25, -0.2) is 9.18 Å². The Morgan fingerprint density at radius 3 is 2.18 bits per heavy atom. The molecule has 3 amide bonds. The third kappa shape index (κ3) is 4.07. The van der Waals surface area contributed by atoms with Crippen LogP contribution in [0.25, 0.3) is 0 Å². The first-order chi connectivity index (χ1) is 13.3. The van der Waals surface area contributed by atoms with Crippen molar-refractivity contribution in [3.05, 3.63) is 35.6 Å². The molecule has 6 heteroatoms. The summed E-state index contributed by atoms with van der Waals surface area (Å²) >= 11 is 0. The molecule has 4 fully saturated rings. The van der Waals surface area contributed by atoms with E-state index in [2.05, 4.69) is 10.6 Å². The Balaban J connectivity index is 1.30. The zero-order chi connectivity index (χ0) is 19.9. The molecule has 0 spiro atoms. The van der Waals surface area contributed by atoms with Crippen LogP contribution in [0.1, 0.15) is 51.0 Å². The molecule has 1 unspecified atom stereocenters.